The van der Waals surface area contributed by atoms with Crippen LogP contribution in [0.4, 0.5) is 14.5 Å². The molecule has 0 radical (unpaired) electrons. The number of tetrazole rings is 1. The van der Waals surface area contributed by atoms with Gasteiger partial charge in [0.1, 0.15) is 11.6 Å². The summed E-state index contributed by atoms with van der Waals surface area (Å²) in [5, 5.41) is 11.3. The Balaban J connectivity index is 2.16. The number of halogens is 2. The van der Waals surface area contributed by atoms with Crippen molar-refractivity contribution < 1.29 is 8.78 Å². The summed E-state index contributed by atoms with van der Waals surface area (Å²) >= 11 is 0. The van der Waals surface area contributed by atoms with Crippen molar-refractivity contribution in [1.29, 1.82) is 0 Å². The summed E-state index contributed by atoms with van der Waals surface area (Å²) in [6.45, 7) is 1.88. The van der Waals surface area contributed by atoms with Gasteiger partial charge >= 0.3 is 0 Å². The van der Waals surface area contributed by atoms with E-state index in [1.54, 1.807) is 12.1 Å². The number of hydrogen-bond donors (Lipinski definition) is 1. The number of benzene rings is 2. The lowest BCUT2D eigenvalue weighted by Crippen LogP contribution is -2.02. The molecule has 0 saturated heterocycles. The third-order valence-electron chi connectivity index (χ3n) is 2.92. The molecule has 5 nitrogen and oxygen atoms in total. The number of nitrogens with zero attached hydrogens (tertiary/aromatic N) is 4. The van der Waals surface area contributed by atoms with Crippen molar-refractivity contribution in [3.63, 3.8) is 0 Å². The number of nitrogen functional groups attached to an aromatic ring is 1. The number of nitrogens with two attached hydrogens (primary N) is 1. The van der Waals surface area contributed by atoms with Gasteiger partial charge in [-0.05, 0) is 53.2 Å². The number of aryl methyl sites for hydroxylation is 1. The first-order valence-electron chi connectivity index (χ1n) is 6.15. The Morgan fingerprint density at radius 1 is 1.00 bits per heavy atom. The van der Waals surface area contributed by atoms with Gasteiger partial charge in [0.2, 0.25) is 0 Å². The number of hydrogen-bond acceptors (Lipinski definition) is 4. The molecule has 0 atom stereocenters. The van der Waals surface area contributed by atoms with Gasteiger partial charge < -0.3 is 5.73 Å². The van der Waals surface area contributed by atoms with E-state index in [0.717, 1.165) is 23.8 Å². The molecule has 0 spiro atoms. The molecule has 0 aliphatic carbocycles. The second kappa shape index (κ2) is 4.93. The fourth-order valence-corrected chi connectivity index (χ4v) is 2.14. The summed E-state index contributed by atoms with van der Waals surface area (Å²) in [6.07, 6.45) is 0. The fourth-order valence-electron chi connectivity index (χ4n) is 2.14. The minimum atomic E-state index is -0.699. The highest BCUT2D eigenvalue weighted by Crippen LogP contribution is 2.23. The largest absolute Gasteiger partial charge is 0.399 e. The van der Waals surface area contributed by atoms with E-state index < -0.39 is 11.6 Å². The zero-order valence-electron chi connectivity index (χ0n) is 11.1. The molecular formula is C14H11F2N5. The van der Waals surface area contributed by atoms with E-state index in [1.807, 2.05) is 13.0 Å². The molecule has 1 heterocycles. The van der Waals surface area contributed by atoms with Crippen LogP contribution in [0, 0.1) is 18.6 Å². The Labute approximate surface area is 119 Å². The smallest absolute Gasteiger partial charge is 0.187 e. The van der Waals surface area contributed by atoms with Crippen LogP contribution >= 0.6 is 0 Å². The minimum absolute atomic E-state index is 0.201. The number of aromatic nitrogens is 4. The highest BCUT2D eigenvalue weighted by molar-refractivity contribution is 5.64. The van der Waals surface area contributed by atoms with Crippen LogP contribution in [0.1, 0.15) is 5.56 Å². The predicted octanol–water partition coefficient (Wildman–Crippen LogP) is 2.50. The lowest BCUT2D eigenvalue weighted by Gasteiger charge is -2.07. The lowest BCUT2D eigenvalue weighted by molar-refractivity contribution is 0.579. The molecule has 0 unspecified atom stereocenters. The van der Waals surface area contributed by atoms with Gasteiger partial charge in [-0.15, -0.1) is 5.10 Å². The summed E-state index contributed by atoms with van der Waals surface area (Å²) in [6, 6.07) is 8.45. The first kappa shape index (κ1) is 13.2. The van der Waals surface area contributed by atoms with E-state index >= 15 is 0 Å². The molecule has 2 N–H and O–H groups in total. The maximum Gasteiger partial charge on any atom is 0.187 e. The van der Waals surface area contributed by atoms with Gasteiger partial charge in [-0.1, -0.05) is 0 Å². The maximum absolute atomic E-state index is 13.3. The van der Waals surface area contributed by atoms with E-state index in [9.17, 15) is 8.78 Å². The van der Waals surface area contributed by atoms with Gasteiger partial charge in [0.25, 0.3) is 0 Å². The third kappa shape index (κ3) is 2.58. The second-order valence-electron chi connectivity index (χ2n) is 4.67. The van der Waals surface area contributed by atoms with Crippen LogP contribution in [-0.2, 0) is 0 Å². The molecule has 106 valence electrons. The highest BCUT2D eigenvalue weighted by atomic mass is 19.1. The van der Waals surface area contributed by atoms with Crippen LogP contribution in [0.25, 0.3) is 17.1 Å². The summed E-state index contributed by atoms with van der Waals surface area (Å²) in [4.78, 5) is 0. The molecule has 3 rings (SSSR count). The Bertz CT molecular complexity index is 706. The number of anilines is 1. The van der Waals surface area contributed by atoms with Gasteiger partial charge in [-0.25, -0.2) is 8.78 Å². The van der Waals surface area contributed by atoms with Crippen LogP contribution in [0.5, 0.6) is 0 Å². The Morgan fingerprint density at radius 2 is 1.71 bits per heavy atom. The average Bonchev–Trinajstić information content (AvgIpc) is 2.85. The standard InChI is InChI=1S/C14H11F2N5/c1-8-2-9(4-12(17)3-8)14-18-19-20-21(14)13-6-10(15)5-11(16)7-13/h2-7H,17H2,1H3. The third-order valence-corrected chi connectivity index (χ3v) is 2.92. The van der Waals surface area contributed by atoms with Gasteiger partial charge in [0.15, 0.2) is 5.82 Å². The molecule has 1 aromatic heterocycles. The average molecular weight is 287 g/mol. The topological polar surface area (TPSA) is 69.6 Å². The Kier molecular flexibility index (Phi) is 3.09. The molecule has 0 bridgehead atoms. The van der Waals surface area contributed by atoms with Gasteiger partial charge in [-0.3, -0.25) is 0 Å². The summed E-state index contributed by atoms with van der Waals surface area (Å²) in [7, 11) is 0. The van der Waals surface area contributed by atoms with Crippen molar-refractivity contribution in [2.45, 2.75) is 6.92 Å². The number of rotatable bonds is 2. The summed E-state index contributed by atoms with van der Waals surface area (Å²) in [5.41, 5.74) is 8.17. The molecule has 21 heavy (non-hydrogen) atoms. The van der Waals surface area contributed by atoms with Crippen molar-refractivity contribution in [2.75, 3.05) is 5.73 Å². The molecule has 0 amide bonds. The fraction of sp³-hybridized carbons (Fsp3) is 0.0714. The van der Waals surface area contributed by atoms with Crippen molar-refractivity contribution in [2.24, 2.45) is 0 Å². The highest BCUT2D eigenvalue weighted by Gasteiger charge is 2.13. The Morgan fingerprint density at radius 3 is 2.38 bits per heavy atom. The van der Waals surface area contributed by atoms with Gasteiger partial charge in [-0.2, -0.15) is 4.68 Å². The van der Waals surface area contributed by atoms with Crippen LogP contribution in [-0.4, -0.2) is 20.2 Å². The maximum atomic E-state index is 13.3. The van der Waals surface area contributed by atoms with E-state index in [-0.39, 0.29) is 5.69 Å². The van der Waals surface area contributed by atoms with Crippen LogP contribution in [0.3, 0.4) is 0 Å². The van der Waals surface area contributed by atoms with Gasteiger partial charge in [0.05, 0.1) is 5.69 Å². The summed E-state index contributed by atoms with van der Waals surface area (Å²) in [5.74, 6) is -1.04. The zero-order valence-corrected chi connectivity index (χ0v) is 11.1. The second-order valence-corrected chi connectivity index (χ2v) is 4.67. The molecule has 3 aromatic rings. The molecular weight excluding hydrogens is 276 g/mol. The lowest BCUT2D eigenvalue weighted by atomic mass is 10.1. The van der Waals surface area contributed by atoms with E-state index in [4.69, 9.17) is 5.73 Å². The molecule has 0 saturated carbocycles. The van der Waals surface area contributed by atoms with Crippen molar-refractivity contribution >= 4 is 5.69 Å². The van der Waals surface area contributed by atoms with E-state index in [0.29, 0.717) is 17.1 Å². The van der Waals surface area contributed by atoms with Gasteiger partial charge in [0, 0.05) is 17.3 Å². The first-order chi connectivity index (χ1) is 10.0. The monoisotopic (exact) mass is 287 g/mol. The zero-order chi connectivity index (χ0) is 15.0. The summed E-state index contributed by atoms with van der Waals surface area (Å²) < 4.78 is 27.9. The van der Waals surface area contributed by atoms with Crippen molar-refractivity contribution in [3.05, 3.63) is 53.6 Å². The molecule has 7 heteroatoms. The first-order valence-corrected chi connectivity index (χ1v) is 6.15. The quantitative estimate of drug-likeness (QED) is 0.735. The molecule has 2 aromatic carbocycles. The van der Waals surface area contributed by atoms with Crippen LogP contribution in [0.15, 0.2) is 36.4 Å². The minimum Gasteiger partial charge on any atom is -0.399 e. The van der Waals surface area contributed by atoms with Crippen LogP contribution in [0.2, 0.25) is 0 Å². The molecule has 0 aliphatic rings. The Hall–Kier alpha value is -2.83. The van der Waals surface area contributed by atoms with E-state index in [1.165, 1.54) is 4.68 Å². The van der Waals surface area contributed by atoms with Crippen LogP contribution < -0.4 is 5.73 Å². The SMILES string of the molecule is Cc1cc(N)cc(-c2nnnn2-c2cc(F)cc(F)c2)c1. The molecule has 0 fully saturated rings. The normalized spacial score (nSPS) is 10.8. The van der Waals surface area contributed by atoms with E-state index in [2.05, 4.69) is 15.5 Å². The predicted molar refractivity (Wildman–Crippen MR) is 73.7 cm³/mol. The molecule has 0 aliphatic heterocycles. The van der Waals surface area contributed by atoms with Crippen molar-refractivity contribution in [3.8, 4) is 17.1 Å². The van der Waals surface area contributed by atoms with Crippen molar-refractivity contribution in [1.82, 2.24) is 20.2 Å².